The number of thiazole rings is 2. The highest BCUT2D eigenvalue weighted by atomic mass is 79.9. The molecule has 1 aliphatic rings. The van der Waals surface area contributed by atoms with Crippen LogP contribution in [0, 0.1) is 0 Å². The lowest BCUT2D eigenvalue weighted by Crippen LogP contribution is -2.51. The summed E-state index contributed by atoms with van der Waals surface area (Å²) in [4.78, 5) is 27.5. The molecule has 0 spiro atoms. The van der Waals surface area contributed by atoms with Crippen LogP contribution in [-0.4, -0.2) is 52.2 Å². The summed E-state index contributed by atoms with van der Waals surface area (Å²) in [5, 5.41) is 0.990. The number of ether oxygens (including phenoxy) is 1. The first kappa shape index (κ1) is 18.8. The Kier molecular flexibility index (Phi) is 5.28. The number of fused-ring (bicyclic) bond motifs is 1. The SMILES string of the molecule is C[C@H]1C[C@H](N(C)c2nc3sc(Br)nc3s2)CCN1C(=O)OC(C)(C)C. The molecule has 1 aliphatic heterocycles. The molecule has 2 atom stereocenters. The molecule has 1 saturated heterocycles. The van der Waals surface area contributed by atoms with Crippen molar-refractivity contribution in [1.29, 1.82) is 0 Å². The fourth-order valence-corrected chi connectivity index (χ4v) is 5.56. The lowest BCUT2D eigenvalue weighted by Gasteiger charge is -2.41. The Morgan fingerprint density at radius 3 is 2.60 bits per heavy atom. The molecule has 9 heteroatoms. The van der Waals surface area contributed by atoms with Gasteiger partial charge < -0.3 is 14.5 Å². The fourth-order valence-electron chi connectivity index (χ4n) is 3.01. The molecule has 0 radical (unpaired) electrons. The number of piperidine rings is 1. The number of rotatable bonds is 2. The lowest BCUT2D eigenvalue weighted by molar-refractivity contribution is 0.0105. The summed E-state index contributed by atoms with van der Waals surface area (Å²) >= 11 is 6.57. The zero-order valence-corrected chi connectivity index (χ0v) is 18.3. The molecule has 3 rings (SSSR count). The van der Waals surface area contributed by atoms with E-state index in [1.54, 1.807) is 22.7 Å². The third kappa shape index (κ3) is 4.25. The van der Waals surface area contributed by atoms with Crippen LogP contribution in [0.5, 0.6) is 0 Å². The van der Waals surface area contributed by atoms with Crippen LogP contribution in [0.25, 0.3) is 9.66 Å². The maximum atomic E-state index is 12.4. The first-order valence-corrected chi connectivity index (χ1v) is 10.7. The second-order valence-corrected chi connectivity index (χ2v) is 10.6. The van der Waals surface area contributed by atoms with Crippen molar-refractivity contribution in [1.82, 2.24) is 14.9 Å². The van der Waals surface area contributed by atoms with Gasteiger partial charge in [-0.3, -0.25) is 0 Å². The predicted octanol–water partition coefficient (Wildman–Crippen LogP) is 4.74. The van der Waals surface area contributed by atoms with Crippen LogP contribution in [0.4, 0.5) is 9.93 Å². The van der Waals surface area contributed by atoms with Crippen LogP contribution < -0.4 is 4.90 Å². The standard InChI is InChI=1S/C16H23BrN4O2S2/c1-9-8-10(6-7-21(9)15(22)23-16(2,3)4)20(5)14-19-12-11(25-14)18-13(17)24-12/h9-10H,6-8H2,1-5H3/t9-,10+/m0/s1. The van der Waals surface area contributed by atoms with E-state index in [2.05, 4.69) is 39.8 Å². The maximum absolute atomic E-state index is 12.4. The Bertz CT molecular complexity index is 738. The summed E-state index contributed by atoms with van der Waals surface area (Å²) in [6, 6.07) is 0.502. The van der Waals surface area contributed by atoms with E-state index in [0.29, 0.717) is 12.6 Å². The Balaban J connectivity index is 1.65. The largest absolute Gasteiger partial charge is 0.444 e. The molecule has 1 amide bonds. The molecular formula is C16H23BrN4O2S2. The average Bonchev–Trinajstić information content (AvgIpc) is 3.01. The van der Waals surface area contributed by atoms with Crippen LogP contribution in [0.1, 0.15) is 40.5 Å². The molecule has 3 heterocycles. The van der Waals surface area contributed by atoms with Gasteiger partial charge in [0, 0.05) is 25.7 Å². The summed E-state index contributed by atoms with van der Waals surface area (Å²) in [7, 11) is 2.08. The number of carbonyl (C=O) groups is 1. The number of likely N-dealkylation sites (tertiary alicyclic amines) is 1. The molecule has 1 fully saturated rings. The third-order valence-corrected chi connectivity index (χ3v) is 6.83. The summed E-state index contributed by atoms with van der Waals surface area (Å²) in [6.45, 7) is 8.49. The molecule has 2 aromatic heterocycles. The Morgan fingerprint density at radius 1 is 1.32 bits per heavy atom. The molecule has 0 unspecified atom stereocenters. The molecular weight excluding hydrogens is 424 g/mol. The van der Waals surface area contributed by atoms with E-state index in [1.165, 1.54) is 0 Å². The highest BCUT2D eigenvalue weighted by Gasteiger charge is 2.34. The van der Waals surface area contributed by atoms with Crippen molar-refractivity contribution >= 4 is 59.5 Å². The van der Waals surface area contributed by atoms with E-state index >= 15 is 0 Å². The van der Waals surface area contributed by atoms with Gasteiger partial charge in [0.1, 0.15) is 5.60 Å². The molecule has 0 bridgehead atoms. The van der Waals surface area contributed by atoms with Crippen LogP contribution in [0.15, 0.2) is 3.92 Å². The van der Waals surface area contributed by atoms with Gasteiger partial charge in [-0.1, -0.05) is 22.7 Å². The van der Waals surface area contributed by atoms with Crippen molar-refractivity contribution in [2.45, 2.75) is 58.2 Å². The first-order valence-electron chi connectivity index (χ1n) is 8.29. The molecule has 6 nitrogen and oxygen atoms in total. The van der Waals surface area contributed by atoms with Crippen molar-refractivity contribution < 1.29 is 9.53 Å². The number of nitrogens with zero attached hydrogens (tertiary/aromatic N) is 4. The van der Waals surface area contributed by atoms with Gasteiger partial charge in [0.15, 0.2) is 18.7 Å². The summed E-state index contributed by atoms with van der Waals surface area (Å²) in [5.41, 5.74) is -0.460. The van der Waals surface area contributed by atoms with Gasteiger partial charge in [-0.25, -0.2) is 14.8 Å². The molecule has 0 aromatic carbocycles. The van der Waals surface area contributed by atoms with Crippen LogP contribution in [0.3, 0.4) is 0 Å². The van der Waals surface area contributed by atoms with Gasteiger partial charge in [-0.15, -0.1) is 0 Å². The van der Waals surface area contributed by atoms with E-state index < -0.39 is 5.60 Å². The smallest absolute Gasteiger partial charge is 0.410 e. The zero-order valence-electron chi connectivity index (χ0n) is 15.1. The van der Waals surface area contributed by atoms with E-state index in [-0.39, 0.29) is 12.1 Å². The number of hydrogen-bond acceptors (Lipinski definition) is 7. The van der Waals surface area contributed by atoms with Crippen LogP contribution in [0.2, 0.25) is 0 Å². The fraction of sp³-hybridized carbons (Fsp3) is 0.688. The molecule has 0 saturated carbocycles. The van der Waals surface area contributed by atoms with Gasteiger partial charge in [-0.05, 0) is 56.5 Å². The molecule has 25 heavy (non-hydrogen) atoms. The van der Waals surface area contributed by atoms with E-state index in [4.69, 9.17) is 9.72 Å². The van der Waals surface area contributed by atoms with Gasteiger partial charge >= 0.3 is 6.09 Å². The minimum atomic E-state index is -0.460. The van der Waals surface area contributed by atoms with Crippen molar-refractivity contribution in [3.05, 3.63) is 3.92 Å². The normalized spacial score (nSPS) is 21.6. The second-order valence-electron chi connectivity index (χ2n) is 7.39. The topological polar surface area (TPSA) is 58.6 Å². The highest BCUT2D eigenvalue weighted by Crippen LogP contribution is 2.35. The summed E-state index contributed by atoms with van der Waals surface area (Å²) in [5.74, 6) is 0. The Morgan fingerprint density at radius 2 is 2.00 bits per heavy atom. The number of amides is 1. The molecule has 0 N–H and O–H groups in total. The van der Waals surface area contributed by atoms with Crippen molar-refractivity contribution in [2.24, 2.45) is 0 Å². The van der Waals surface area contributed by atoms with E-state index in [9.17, 15) is 4.79 Å². The van der Waals surface area contributed by atoms with Crippen molar-refractivity contribution in [2.75, 3.05) is 18.5 Å². The molecule has 138 valence electrons. The van der Waals surface area contributed by atoms with Crippen LogP contribution in [-0.2, 0) is 4.74 Å². The van der Waals surface area contributed by atoms with E-state index in [0.717, 1.165) is 31.6 Å². The van der Waals surface area contributed by atoms with Gasteiger partial charge in [0.2, 0.25) is 0 Å². The number of aromatic nitrogens is 2. The molecule has 2 aromatic rings. The number of hydrogen-bond donors (Lipinski definition) is 0. The first-order chi connectivity index (χ1) is 11.6. The minimum Gasteiger partial charge on any atom is -0.444 e. The lowest BCUT2D eigenvalue weighted by atomic mass is 9.98. The number of carbonyl (C=O) groups excluding carboxylic acids is 1. The second kappa shape index (κ2) is 7.00. The van der Waals surface area contributed by atoms with Gasteiger partial charge in [0.25, 0.3) is 0 Å². The highest BCUT2D eigenvalue weighted by molar-refractivity contribution is 9.11. The predicted molar refractivity (Wildman–Crippen MR) is 107 cm³/mol. The van der Waals surface area contributed by atoms with Gasteiger partial charge in [0.05, 0.1) is 0 Å². The maximum Gasteiger partial charge on any atom is 0.410 e. The van der Waals surface area contributed by atoms with Crippen molar-refractivity contribution in [3.8, 4) is 0 Å². The van der Waals surface area contributed by atoms with Gasteiger partial charge in [-0.2, -0.15) is 0 Å². The minimum absolute atomic E-state index is 0.143. The van der Waals surface area contributed by atoms with E-state index in [1.807, 2.05) is 25.7 Å². The quantitative estimate of drug-likeness (QED) is 0.666. The summed E-state index contributed by atoms with van der Waals surface area (Å²) < 4.78 is 6.39. The zero-order chi connectivity index (χ0) is 18.4. The summed E-state index contributed by atoms with van der Waals surface area (Å²) in [6.07, 6.45) is 1.59. The number of halogens is 1. The third-order valence-electron chi connectivity index (χ3n) is 4.26. The number of anilines is 1. The Hall–Kier alpha value is -0.930. The average molecular weight is 447 g/mol. The van der Waals surface area contributed by atoms with Crippen molar-refractivity contribution in [3.63, 3.8) is 0 Å². The monoisotopic (exact) mass is 446 g/mol. The molecule has 0 aliphatic carbocycles. The van der Waals surface area contributed by atoms with Crippen LogP contribution >= 0.6 is 38.6 Å². The Labute approximate surface area is 164 Å².